The van der Waals surface area contributed by atoms with E-state index < -0.39 is 0 Å². The first-order chi connectivity index (χ1) is 18.1. The number of hydrogen-bond acceptors (Lipinski definition) is 0. The van der Waals surface area contributed by atoms with Crippen LogP contribution in [-0.4, -0.2) is 0 Å². The molecule has 0 spiro atoms. The van der Waals surface area contributed by atoms with Crippen molar-refractivity contribution in [2.45, 2.75) is 108 Å². The number of benzene rings is 2. The van der Waals surface area contributed by atoms with Crippen molar-refractivity contribution in [1.82, 2.24) is 0 Å². The van der Waals surface area contributed by atoms with Crippen LogP contribution in [0.3, 0.4) is 0 Å². The lowest BCUT2D eigenvalue weighted by molar-refractivity contribution is 0.127. The standard InChI is InChI=1S/C39H44/c1-15-16(2)25-22(8)26-19(5)18(4)24-20(6)21(7)34-32-30(24)29(26)31-28(25)27(17(15)3)23(9)35-33(31)36(32)39(14,37(34,10)11)38(35,12)13/h29-30H,1-14H3. The van der Waals surface area contributed by atoms with Gasteiger partial charge in [0.2, 0.25) is 0 Å². The van der Waals surface area contributed by atoms with Crippen molar-refractivity contribution in [3.8, 4) is 0 Å². The third-order valence-electron chi connectivity index (χ3n) is 14.0. The largest absolute Gasteiger partial charge is 0.0549 e. The van der Waals surface area contributed by atoms with Crippen LogP contribution in [0.5, 0.6) is 0 Å². The first-order valence-electron chi connectivity index (χ1n) is 15.2. The predicted octanol–water partition coefficient (Wildman–Crippen LogP) is 10.7. The molecular weight excluding hydrogens is 468 g/mol. The van der Waals surface area contributed by atoms with E-state index in [1.165, 1.54) is 27.8 Å². The molecule has 0 N–H and O–H groups in total. The summed E-state index contributed by atoms with van der Waals surface area (Å²) in [4.78, 5) is 0. The van der Waals surface area contributed by atoms with Gasteiger partial charge in [0.25, 0.3) is 0 Å². The molecule has 2 aromatic rings. The highest BCUT2D eigenvalue weighted by Crippen LogP contribution is 2.81. The highest BCUT2D eigenvalue weighted by Gasteiger charge is 2.70. The average molecular weight is 513 g/mol. The molecular formula is C39H44. The molecule has 0 aliphatic heterocycles. The number of allylic oxidation sites excluding steroid dienone is 10. The van der Waals surface area contributed by atoms with Crippen LogP contribution in [0.2, 0.25) is 0 Å². The van der Waals surface area contributed by atoms with Crippen LogP contribution >= 0.6 is 0 Å². The first kappa shape index (κ1) is 24.2. The molecule has 200 valence electrons. The molecule has 0 radical (unpaired) electrons. The Kier molecular flexibility index (Phi) is 3.93. The van der Waals surface area contributed by atoms with E-state index in [1.807, 2.05) is 0 Å². The molecule has 0 bridgehead atoms. The van der Waals surface area contributed by atoms with E-state index in [2.05, 4.69) is 96.9 Å². The molecule has 0 nitrogen and oxygen atoms in total. The van der Waals surface area contributed by atoms with Gasteiger partial charge in [0.05, 0.1) is 0 Å². The highest BCUT2D eigenvalue weighted by molar-refractivity contribution is 6.12. The van der Waals surface area contributed by atoms with Crippen LogP contribution in [0.1, 0.15) is 120 Å². The summed E-state index contributed by atoms with van der Waals surface area (Å²) >= 11 is 0. The number of rotatable bonds is 0. The molecule has 8 rings (SSSR count). The lowest BCUT2D eigenvalue weighted by Gasteiger charge is -2.51. The van der Waals surface area contributed by atoms with E-state index in [1.54, 1.807) is 83.2 Å². The molecule has 2 aromatic carbocycles. The quantitative estimate of drug-likeness (QED) is 0.329. The third kappa shape index (κ3) is 1.98. The van der Waals surface area contributed by atoms with Gasteiger partial charge in [-0.3, -0.25) is 0 Å². The summed E-state index contributed by atoms with van der Waals surface area (Å²) in [5, 5.41) is 3.17. The van der Waals surface area contributed by atoms with Gasteiger partial charge in [-0.25, -0.2) is 0 Å². The lowest BCUT2D eigenvalue weighted by atomic mass is 9.51. The third-order valence-corrected chi connectivity index (χ3v) is 14.0. The fourth-order valence-corrected chi connectivity index (χ4v) is 11.7. The average Bonchev–Trinajstić information content (AvgIpc) is 3.17. The van der Waals surface area contributed by atoms with Gasteiger partial charge in [-0.1, -0.05) is 34.6 Å². The van der Waals surface area contributed by atoms with Crippen LogP contribution in [0, 0.1) is 44.4 Å². The minimum absolute atomic E-state index is 0.0361. The number of hydrogen-bond donors (Lipinski definition) is 0. The van der Waals surface area contributed by atoms with Crippen LogP contribution in [0.15, 0.2) is 44.6 Å². The molecule has 6 aliphatic rings. The van der Waals surface area contributed by atoms with Crippen molar-refractivity contribution >= 4 is 21.9 Å². The Labute approximate surface area is 235 Å². The topological polar surface area (TPSA) is 0 Å². The molecule has 0 saturated heterocycles. The van der Waals surface area contributed by atoms with Gasteiger partial charge >= 0.3 is 0 Å². The summed E-state index contributed by atoms with van der Waals surface area (Å²) in [6.07, 6.45) is 0. The maximum Gasteiger partial charge on any atom is 0.0217 e. The van der Waals surface area contributed by atoms with Crippen molar-refractivity contribution < 1.29 is 0 Å². The maximum atomic E-state index is 2.64. The van der Waals surface area contributed by atoms with E-state index in [0.717, 1.165) is 0 Å². The molecule has 39 heavy (non-hydrogen) atoms. The summed E-state index contributed by atoms with van der Waals surface area (Å²) in [6, 6.07) is 0. The zero-order valence-electron chi connectivity index (χ0n) is 26.7. The van der Waals surface area contributed by atoms with E-state index in [0.29, 0.717) is 11.8 Å². The fraction of sp³-hybridized carbons (Fsp3) is 0.487. The van der Waals surface area contributed by atoms with E-state index in [4.69, 9.17) is 0 Å². The molecule has 0 heteroatoms. The maximum absolute atomic E-state index is 2.64. The van der Waals surface area contributed by atoms with Gasteiger partial charge in [0, 0.05) is 28.1 Å². The van der Waals surface area contributed by atoms with Crippen molar-refractivity contribution in [1.29, 1.82) is 0 Å². The van der Waals surface area contributed by atoms with E-state index in [-0.39, 0.29) is 16.2 Å². The molecule has 0 aromatic heterocycles. The summed E-state index contributed by atoms with van der Waals surface area (Å²) < 4.78 is 0. The Balaban J connectivity index is 1.77. The van der Waals surface area contributed by atoms with Gasteiger partial charge < -0.3 is 0 Å². The van der Waals surface area contributed by atoms with Crippen molar-refractivity contribution in [2.24, 2.45) is 16.7 Å². The molecule has 6 aliphatic carbocycles. The van der Waals surface area contributed by atoms with Gasteiger partial charge in [-0.15, -0.1) is 0 Å². The van der Waals surface area contributed by atoms with Crippen molar-refractivity contribution in [2.75, 3.05) is 0 Å². The van der Waals surface area contributed by atoms with Crippen molar-refractivity contribution in [3.05, 3.63) is 89.1 Å². The predicted molar refractivity (Wildman–Crippen MR) is 167 cm³/mol. The van der Waals surface area contributed by atoms with Gasteiger partial charge in [0.1, 0.15) is 0 Å². The summed E-state index contributed by atoms with van der Waals surface area (Å²) in [6.45, 7) is 34.8. The second-order valence-electron chi connectivity index (χ2n) is 15.2. The Morgan fingerprint density at radius 1 is 0.436 bits per heavy atom. The van der Waals surface area contributed by atoms with Crippen LogP contribution < -0.4 is 0 Å². The molecule has 0 saturated carbocycles. The Bertz CT molecular complexity index is 1880. The van der Waals surface area contributed by atoms with Gasteiger partial charge in [-0.2, -0.15) is 0 Å². The number of aryl methyl sites for hydroxylation is 2. The first-order valence-corrected chi connectivity index (χ1v) is 15.2. The molecule has 3 unspecified atom stereocenters. The molecule has 3 atom stereocenters. The monoisotopic (exact) mass is 512 g/mol. The molecule has 0 fully saturated rings. The second-order valence-corrected chi connectivity index (χ2v) is 15.2. The minimum atomic E-state index is 0.0361. The van der Waals surface area contributed by atoms with Crippen LogP contribution in [-0.2, 0) is 5.41 Å². The molecule has 0 amide bonds. The van der Waals surface area contributed by atoms with Crippen LogP contribution in [0.4, 0.5) is 0 Å². The Morgan fingerprint density at radius 2 is 1.03 bits per heavy atom. The highest BCUT2D eigenvalue weighted by atomic mass is 14.7. The second kappa shape index (κ2) is 6.32. The zero-order valence-corrected chi connectivity index (χ0v) is 26.7. The van der Waals surface area contributed by atoms with E-state index >= 15 is 0 Å². The van der Waals surface area contributed by atoms with E-state index in [9.17, 15) is 0 Å². The van der Waals surface area contributed by atoms with Gasteiger partial charge in [0.15, 0.2) is 0 Å². The smallest absolute Gasteiger partial charge is 0.0217 e. The SMILES string of the molecule is CC1=C(C)C2=C(C)c3c(C)c(C)c(C)c4c(C)c5c6c(c34)C2C2C1=C(C)C(C)=C1C2=C6C(C)(C1(C)C)C5(C)C. The van der Waals surface area contributed by atoms with Gasteiger partial charge in [-0.05, 0) is 173 Å². The van der Waals surface area contributed by atoms with Crippen molar-refractivity contribution in [3.63, 3.8) is 0 Å². The lowest BCUT2D eigenvalue weighted by Crippen LogP contribution is -2.45. The Hall–Kier alpha value is -2.60. The summed E-state index contributed by atoms with van der Waals surface area (Å²) in [7, 11) is 0. The van der Waals surface area contributed by atoms with Crippen LogP contribution in [0.25, 0.3) is 21.9 Å². The normalized spacial score (nSPS) is 30.3. The summed E-state index contributed by atoms with van der Waals surface area (Å²) in [5.74, 6) is 0.877. The fourth-order valence-electron chi connectivity index (χ4n) is 11.7. The minimum Gasteiger partial charge on any atom is -0.0549 e. The summed E-state index contributed by atoms with van der Waals surface area (Å²) in [5.41, 5.74) is 28.9. The zero-order chi connectivity index (χ0) is 28.2. The molecule has 0 heterocycles. The Morgan fingerprint density at radius 3 is 1.64 bits per heavy atom.